The van der Waals surface area contributed by atoms with Crippen molar-refractivity contribution in [3.05, 3.63) is 0 Å². The molecule has 0 atom stereocenters. The quantitative estimate of drug-likeness (QED) is 0.295. The highest BCUT2D eigenvalue weighted by Crippen LogP contribution is 1.84. The van der Waals surface area contributed by atoms with E-state index in [4.69, 9.17) is 23.7 Å². The van der Waals surface area contributed by atoms with E-state index in [2.05, 4.69) is 31.4 Å². The average molecular weight is 365 g/mol. The molecular formula is C18H40N2O5. The second-order valence-corrected chi connectivity index (χ2v) is 5.92. The van der Waals surface area contributed by atoms with Crippen molar-refractivity contribution in [3.8, 4) is 0 Å². The first-order valence-electron chi connectivity index (χ1n) is 9.60. The molecule has 152 valence electrons. The lowest BCUT2D eigenvalue weighted by molar-refractivity contribution is -0.0106. The molecule has 25 heavy (non-hydrogen) atoms. The van der Waals surface area contributed by atoms with Crippen LogP contribution in [0.1, 0.15) is 27.2 Å². The van der Waals surface area contributed by atoms with Crippen LogP contribution >= 0.6 is 0 Å². The van der Waals surface area contributed by atoms with Gasteiger partial charge in [0, 0.05) is 19.1 Å². The van der Waals surface area contributed by atoms with Crippen molar-refractivity contribution in [2.45, 2.75) is 33.2 Å². The summed E-state index contributed by atoms with van der Waals surface area (Å²) >= 11 is 0. The summed E-state index contributed by atoms with van der Waals surface area (Å²) in [5, 5.41) is 6.58. The van der Waals surface area contributed by atoms with Crippen LogP contribution < -0.4 is 10.6 Å². The second kappa shape index (κ2) is 21.8. The molecule has 0 aliphatic rings. The Bertz CT molecular complexity index is 246. The minimum Gasteiger partial charge on any atom is -0.378 e. The van der Waals surface area contributed by atoms with Gasteiger partial charge in [-0.05, 0) is 13.0 Å². The van der Waals surface area contributed by atoms with Crippen molar-refractivity contribution in [1.29, 1.82) is 0 Å². The normalized spacial score (nSPS) is 11.5. The van der Waals surface area contributed by atoms with Crippen molar-refractivity contribution < 1.29 is 23.7 Å². The highest BCUT2D eigenvalue weighted by Gasteiger charge is 1.94. The van der Waals surface area contributed by atoms with E-state index in [1.807, 2.05) is 0 Å². The number of rotatable bonds is 21. The number of hydrogen-bond donors (Lipinski definition) is 2. The zero-order chi connectivity index (χ0) is 18.4. The Kier molecular flexibility index (Phi) is 21.5. The molecule has 0 spiro atoms. The van der Waals surface area contributed by atoms with Gasteiger partial charge in [0.25, 0.3) is 0 Å². The summed E-state index contributed by atoms with van der Waals surface area (Å²) in [4.78, 5) is 0. The lowest BCUT2D eigenvalue weighted by Crippen LogP contribution is -2.27. The molecule has 0 aliphatic heterocycles. The van der Waals surface area contributed by atoms with E-state index in [1.54, 1.807) is 0 Å². The van der Waals surface area contributed by atoms with Gasteiger partial charge in [0.15, 0.2) is 0 Å². The van der Waals surface area contributed by atoms with Crippen molar-refractivity contribution in [1.82, 2.24) is 10.6 Å². The van der Waals surface area contributed by atoms with Crippen LogP contribution in [0.5, 0.6) is 0 Å². The van der Waals surface area contributed by atoms with Gasteiger partial charge in [0.05, 0.1) is 66.1 Å². The van der Waals surface area contributed by atoms with Crippen LogP contribution in [0, 0.1) is 0 Å². The number of nitrogens with one attached hydrogen (secondary N) is 2. The molecule has 7 nitrogen and oxygen atoms in total. The molecule has 0 aromatic carbocycles. The Balaban J connectivity index is 2.96. The molecule has 0 saturated carbocycles. The minimum absolute atomic E-state index is 0.501. The predicted molar refractivity (Wildman–Crippen MR) is 100 cm³/mol. The maximum atomic E-state index is 5.44. The van der Waals surface area contributed by atoms with Gasteiger partial charge in [-0.2, -0.15) is 0 Å². The number of ether oxygens (including phenoxy) is 5. The summed E-state index contributed by atoms with van der Waals surface area (Å²) in [5.41, 5.74) is 0. The maximum absolute atomic E-state index is 5.44. The molecule has 0 aliphatic carbocycles. The predicted octanol–water partition coefficient (Wildman–Crippen LogP) is 1.07. The Labute approximate surface area is 154 Å². The van der Waals surface area contributed by atoms with Gasteiger partial charge in [-0.1, -0.05) is 20.8 Å². The molecule has 0 aromatic rings. The lowest BCUT2D eigenvalue weighted by Gasteiger charge is -2.09. The van der Waals surface area contributed by atoms with Crippen LogP contribution in [0.15, 0.2) is 0 Å². The fourth-order valence-corrected chi connectivity index (χ4v) is 1.85. The Morgan fingerprint density at radius 2 is 0.960 bits per heavy atom. The summed E-state index contributed by atoms with van der Waals surface area (Å²) < 4.78 is 27.1. The van der Waals surface area contributed by atoms with Crippen molar-refractivity contribution in [3.63, 3.8) is 0 Å². The van der Waals surface area contributed by atoms with Crippen LogP contribution in [0.4, 0.5) is 0 Å². The molecule has 7 heteroatoms. The monoisotopic (exact) mass is 364 g/mol. The molecule has 0 heterocycles. The molecule has 0 radical (unpaired) electrons. The summed E-state index contributed by atoms with van der Waals surface area (Å²) in [5.74, 6) is 0. The van der Waals surface area contributed by atoms with Gasteiger partial charge in [-0.15, -0.1) is 0 Å². The molecular weight excluding hydrogens is 324 g/mol. The highest BCUT2D eigenvalue weighted by atomic mass is 16.6. The summed E-state index contributed by atoms with van der Waals surface area (Å²) in [7, 11) is 0. The first-order chi connectivity index (χ1) is 12.3. The molecule has 0 amide bonds. The van der Waals surface area contributed by atoms with Gasteiger partial charge < -0.3 is 34.3 Å². The minimum atomic E-state index is 0.501. The Hall–Kier alpha value is -0.280. The standard InChI is InChI=1S/C18H40N2O5/c1-4-5-19-6-8-21-10-12-23-14-16-25-17-15-24-13-11-22-9-7-20-18(2)3/h18-20H,4-17H2,1-3H3. The third-order valence-corrected chi connectivity index (χ3v) is 3.14. The largest absolute Gasteiger partial charge is 0.378 e. The van der Waals surface area contributed by atoms with E-state index in [0.29, 0.717) is 65.5 Å². The van der Waals surface area contributed by atoms with Gasteiger partial charge in [0.2, 0.25) is 0 Å². The molecule has 0 fully saturated rings. The third-order valence-electron chi connectivity index (χ3n) is 3.14. The van der Waals surface area contributed by atoms with Gasteiger partial charge in [-0.3, -0.25) is 0 Å². The topological polar surface area (TPSA) is 70.2 Å². The van der Waals surface area contributed by atoms with E-state index in [0.717, 1.165) is 32.7 Å². The second-order valence-electron chi connectivity index (χ2n) is 5.92. The maximum Gasteiger partial charge on any atom is 0.0701 e. The lowest BCUT2D eigenvalue weighted by atomic mass is 10.4. The van der Waals surface area contributed by atoms with Crippen molar-refractivity contribution >= 4 is 0 Å². The molecule has 0 saturated heterocycles. The molecule has 0 aromatic heterocycles. The molecule has 2 N–H and O–H groups in total. The third kappa shape index (κ3) is 23.7. The van der Waals surface area contributed by atoms with Gasteiger partial charge >= 0.3 is 0 Å². The molecule has 0 unspecified atom stereocenters. The summed E-state index contributed by atoms with van der Waals surface area (Å²) in [6.45, 7) is 15.5. The van der Waals surface area contributed by atoms with E-state index in [-0.39, 0.29) is 0 Å². The van der Waals surface area contributed by atoms with Crippen molar-refractivity contribution in [2.24, 2.45) is 0 Å². The van der Waals surface area contributed by atoms with Crippen LogP contribution in [0.2, 0.25) is 0 Å². The zero-order valence-corrected chi connectivity index (χ0v) is 16.5. The van der Waals surface area contributed by atoms with Crippen LogP contribution in [0.25, 0.3) is 0 Å². The van der Waals surface area contributed by atoms with Crippen molar-refractivity contribution in [2.75, 3.05) is 85.7 Å². The van der Waals surface area contributed by atoms with Crippen LogP contribution in [0.3, 0.4) is 0 Å². The van der Waals surface area contributed by atoms with E-state index < -0.39 is 0 Å². The van der Waals surface area contributed by atoms with E-state index in [9.17, 15) is 0 Å². The average Bonchev–Trinajstić information content (AvgIpc) is 2.60. The molecule has 0 rings (SSSR count). The van der Waals surface area contributed by atoms with E-state index >= 15 is 0 Å². The molecule has 0 bridgehead atoms. The van der Waals surface area contributed by atoms with Crippen LogP contribution in [-0.2, 0) is 23.7 Å². The van der Waals surface area contributed by atoms with Gasteiger partial charge in [0.1, 0.15) is 0 Å². The smallest absolute Gasteiger partial charge is 0.0701 e. The van der Waals surface area contributed by atoms with Gasteiger partial charge in [-0.25, -0.2) is 0 Å². The highest BCUT2D eigenvalue weighted by molar-refractivity contribution is 4.50. The fraction of sp³-hybridized carbons (Fsp3) is 1.00. The first-order valence-corrected chi connectivity index (χ1v) is 9.60. The summed E-state index contributed by atoms with van der Waals surface area (Å²) in [6.07, 6.45) is 1.15. The Morgan fingerprint density at radius 1 is 0.560 bits per heavy atom. The van der Waals surface area contributed by atoms with Crippen LogP contribution in [-0.4, -0.2) is 91.7 Å². The Morgan fingerprint density at radius 3 is 1.36 bits per heavy atom. The summed E-state index contributed by atoms with van der Waals surface area (Å²) in [6, 6.07) is 0.501. The zero-order valence-electron chi connectivity index (χ0n) is 16.5. The SMILES string of the molecule is CCCNCCOCCOCCOCCOCCOCCNC(C)C. The number of hydrogen-bond acceptors (Lipinski definition) is 7. The first kappa shape index (κ1) is 24.7. The van der Waals surface area contributed by atoms with E-state index in [1.165, 1.54) is 0 Å². The fourth-order valence-electron chi connectivity index (χ4n) is 1.85.